The van der Waals surface area contributed by atoms with Gasteiger partial charge in [0.1, 0.15) is 5.82 Å². The van der Waals surface area contributed by atoms with E-state index in [0.717, 1.165) is 25.9 Å². The molecule has 2 amide bonds. The normalized spacial score (nSPS) is 14.6. The van der Waals surface area contributed by atoms with Crippen LogP contribution >= 0.6 is 0 Å². The zero-order chi connectivity index (χ0) is 15.1. The minimum Gasteiger partial charge on any atom is -0.368 e. The number of carbonyl (C=O) groups excluding carboxylic acids is 2. The van der Waals surface area contributed by atoms with E-state index in [1.165, 1.54) is 6.42 Å². The summed E-state index contributed by atoms with van der Waals surface area (Å²) in [6.45, 7) is 2.27. The molecule has 1 aromatic rings. The van der Waals surface area contributed by atoms with E-state index >= 15 is 0 Å². The molecule has 0 atom stereocenters. The van der Waals surface area contributed by atoms with Crippen LogP contribution in [0, 0.1) is 0 Å². The van der Waals surface area contributed by atoms with Gasteiger partial charge < -0.3 is 15.5 Å². The molecule has 2 N–H and O–H groups in total. The molecule has 7 heteroatoms. The number of nitrogens with one attached hydrogen (secondary N) is 2. The van der Waals surface area contributed by atoms with Crippen LogP contribution in [0.3, 0.4) is 0 Å². The second-order valence-corrected chi connectivity index (χ2v) is 5.00. The molecular weight excluding hydrogens is 270 g/mol. The SMILES string of the molecule is CNC(=O)c1ccc(NCCC(=O)N2CCCCC2)nn1. The highest BCUT2D eigenvalue weighted by atomic mass is 16.2. The van der Waals surface area contributed by atoms with Gasteiger partial charge in [0.2, 0.25) is 5.91 Å². The van der Waals surface area contributed by atoms with Crippen LogP contribution in [0.25, 0.3) is 0 Å². The van der Waals surface area contributed by atoms with Crippen LogP contribution in [0.5, 0.6) is 0 Å². The van der Waals surface area contributed by atoms with Crippen LogP contribution in [0.1, 0.15) is 36.2 Å². The molecule has 1 fully saturated rings. The number of nitrogens with zero attached hydrogens (tertiary/aromatic N) is 3. The zero-order valence-corrected chi connectivity index (χ0v) is 12.3. The molecule has 1 aromatic heterocycles. The minimum atomic E-state index is -0.269. The first-order valence-corrected chi connectivity index (χ1v) is 7.28. The van der Waals surface area contributed by atoms with Crippen molar-refractivity contribution in [3.8, 4) is 0 Å². The molecule has 1 saturated heterocycles. The second kappa shape index (κ2) is 7.56. The number of rotatable bonds is 5. The third kappa shape index (κ3) is 4.40. The molecule has 114 valence electrons. The Hall–Kier alpha value is -2.18. The van der Waals surface area contributed by atoms with Gasteiger partial charge in [-0.05, 0) is 31.4 Å². The van der Waals surface area contributed by atoms with Crippen molar-refractivity contribution in [3.63, 3.8) is 0 Å². The Morgan fingerprint density at radius 2 is 1.95 bits per heavy atom. The molecule has 0 unspecified atom stereocenters. The van der Waals surface area contributed by atoms with Crippen molar-refractivity contribution >= 4 is 17.6 Å². The average Bonchev–Trinajstić information content (AvgIpc) is 2.55. The Bertz CT molecular complexity index is 483. The summed E-state index contributed by atoms with van der Waals surface area (Å²) in [6, 6.07) is 3.28. The van der Waals surface area contributed by atoms with Gasteiger partial charge in [0.15, 0.2) is 5.69 Å². The molecule has 0 radical (unpaired) electrons. The van der Waals surface area contributed by atoms with E-state index in [4.69, 9.17) is 0 Å². The number of piperidine rings is 1. The van der Waals surface area contributed by atoms with Crippen molar-refractivity contribution in [2.24, 2.45) is 0 Å². The van der Waals surface area contributed by atoms with Gasteiger partial charge in [0.05, 0.1) is 0 Å². The highest BCUT2D eigenvalue weighted by Gasteiger charge is 2.15. The number of aromatic nitrogens is 2. The van der Waals surface area contributed by atoms with E-state index in [1.807, 2.05) is 4.90 Å². The predicted octanol–water partition coefficient (Wildman–Crippen LogP) is 0.651. The molecule has 2 heterocycles. The summed E-state index contributed by atoms with van der Waals surface area (Å²) in [4.78, 5) is 25.2. The highest BCUT2D eigenvalue weighted by Crippen LogP contribution is 2.10. The lowest BCUT2D eigenvalue weighted by atomic mass is 10.1. The van der Waals surface area contributed by atoms with Crippen molar-refractivity contribution in [3.05, 3.63) is 17.8 Å². The maximum Gasteiger partial charge on any atom is 0.271 e. The van der Waals surface area contributed by atoms with Gasteiger partial charge >= 0.3 is 0 Å². The van der Waals surface area contributed by atoms with Crippen molar-refractivity contribution in [2.45, 2.75) is 25.7 Å². The minimum absolute atomic E-state index is 0.178. The quantitative estimate of drug-likeness (QED) is 0.832. The number of hydrogen-bond acceptors (Lipinski definition) is 5. The molecule has 0 aromatic carbocycles. The lowest BCUT2D eigenvalue weighted by molar-refractivity contribution is -0.131. The van der Waals surface area contributed by atoms with Crippen molar-refractivity contribution in [1.29, 1.82) is 0 Å². The molecular formula is C14H21N5O2. The molecule has 2 rings (SSSR count). The average molecular weight is 291 g/mol. The standard InChI is InChI=1S/C14H21N5O2/c1-15-14(21)11-5-6-12(18-17-11)16-8-7-13(20)19-9-3-2-4-10-19/h5-6H,2-4,7-10H2,1H3,(H,15,21)(H,16,18). The van der Waals surface area contributed by atoms with Gasteiger partial charge in [0.25, 0.3) is 5.91 Å². The number of anilines is 1. The molecule has 7 nitrogen and oxygen atoms in total. The number of carbonyl (C=O) groups is 2. The van der Waals surface area contributed by atoms with Crippen LogP contribution in [0.4, 0.5) is 5.82 Å². The summed E-state index contributed by atoms with van der Waals surface area (Å²) in [5.74, 6) is 0.473. The summed E-state index contributed by atoms with van der Waals surface area (Å²) in [7, 11) is 1.54. The largest absolute Gasteiger partial charge is 0.368 e. The fraction of sp³-hybridized carbons (Fsp3) is 0.571. The van der Waals surface area contributed by atoms with E-state index < -0.39 is 0 Å². The fourth-order valence-corrected chi connectivity index (χ4v) is 2.27. The Morgan fingerprint density at radius 1 is 1.19 bits per heavy atom. The smallest absolute Gasteiger partial charge is 0.271 e. The molecule has 0 aliphatic carbocycles. The maximum absolute atomic E-state index is 12.0. The highest BCUT2D eigenvalue weighted by molar-refractivity contribution is 5.91. The third-order valence-corrected chi connectivity index (χ3v) is 3.48. The number of hydrogen-bond donors (Lipinski definition) is 2. The van der Waals surface area contributed by atoms with Crippen molar-refractivity contribution in [2.75, 3.05) is 32.0 Å². The van der Waals surface area contributed by atoms with E-state index in [1.54, 1.807) is 19.2 Å². The van der Waals surface area contributed by atoms with E-state index in [2.05, 4.69) is 20.8 Å². The first-order valence-electron chi connectivity index (χ1n) is 7.28. The number of likely N-dealkylation sites (tertiary alicyclic amines) is 1. The van der Waals surface area contributed by atoms with Gasteiger partial charge in [-0.15, -0.1) is 10.2 Å². The monoisotopic (exact) mass is 291 g/mol. The number of amides is 2. The Kier molecular flexibility index (Phi) is 5.48. The lowest BCUT2D eigenvalue weighted by Crippen LogP contribution is -2.36. The van der Waals surface area contributed by atoms with Crippen LogP contribution < -0.4 is 10.6 Å². The van der Waals surface area contributed by atoms with Gasteiger partial charge in [-0.25, -0.2) is 0 Å². The van der Waals surface area contributed by atoms with E-state index in [0.29, 0.717) is 18.8 Å². The molecule has 0 saturated carbocycles. The zero-order valence-electron chi connectivity index (χ0n) is 12.3. The Morgan fingerprint density at radius 3 is 2.57 bits per heavy atom. The topological polar surface area (TPSA) is 87.2 Å². The second-order valence-electron chi connectivity index (χ2n) is 5.00. The molecule has 21 heavy (non-hydrogen) atoms. The maximum atomic E-state index is 12.0. The first kappa shape index (κ1) is 15.2. The summed E-state index contributed by atoms with van der Waals surface area (Å²) in [5.41, 5.74) is 0.271. The predicted molar refractivity (Wildman–Crippen MR) is 79.0 cm³/mol. The Labute approximate surface area is 124 Å². The molecule has 1 aliphatic heterocycles. The molecule has 1 aliphatic rings. The first-order chi connectivity index (χ1) is 10.2. The summed E-state index contributed by atoms with van der Waals surface area (Å²) in [6.07, 6.45) is 3.87. The van der Waals surface area contributed by atoms with Crippen molar-refractivity contribution < 1.29 is 9.59 Å². The Balaban J connectivity index is 1.75. The van der Waals surface area contributed by atoms with E-state index in [-0.39, 0.29) is 17.5 Å². The van der Waals surface area contributed by atoms with Gasteiger partial charge in [0, 0.05) is 33.1 Å². The van der Waals surface area contributed by atoms with Crippen LogP contribution in [0.2, 0.25) is 0 Å². The lowest BCUT2D eigenvalue weighted by Gasteiger charge is -2.26. The fourth-order valence-electron chi connectivity index (χ4n) is 2.27. The van der Waals surface area contributed by atoms with Crippen LogP contribution in [0.15, 0.2) is 12.1 Å². The van der Waals surface area contributed by atoms with Gasteiger partial charge in [-0.1, -0.05) is 0 Å². The third-order valence-electron chi connectivity index (χ3n) is 3.48. The van der Waals surface area contributed by atoms with Crippen LogP contribution in [-0.2, 0) is 4.79 Å². The molecule has 0 bridgehead atoms. The summed E-state index contributed by atoms with van der Waals surface area (Å²) >= 11 is 0. The van der Waals surface area contributed by atoms with E-state index in [9.17, 15) is 9.59 Å². The summed E-state index contributed by atoms with van der Waals surface area (Å²) < 4.78 is 0. The summed E-state index contributed by atoms with van der Waals surface area (Å²) in [5, 5.41) is 13.3. The molecule has 0 spiro atoms. The van der Waals surface area contributed by atoms with Crippen LogP contribution in [-0.4, -0.2) is 53.6 Å². The van der Waals surface area contributed by atoms with Gasteiger partial charge in [-0.2, -0.15) is 0 Å². The van der Waals surface area contributed by atoms with Crippen molar-refractivity contribution in [1.82, 2.24) is 20.4 Å². The van der Waals surface area contributed by atoms with Gasteiger partial charge in [-0.3, -0.25) is 9.59 Å².